The van der Waals surface area contributed by atoms with E-state index in [4.69, 9.17) is 0 Å². The SMILES string of the molecule is c1ccc(-c2ccc3c(c2)sc2c(-c4ccccc4)ccc(N(c4ccc(-c5ccc6ccc7ccccc7c6c5)cc4)c4cccc5c4sc4ccccc45)c23)cc1. The predicted molar refractivity (Wildman–Crippen MR) is 258 cm³/mol. The zero-order valence-electron chi connectivity index (χ0n) is 32.0. The van der Waals surface area contributed by atoms with Gasteiger partial charge in [0.2, 0.25) is 0 Å². The molecule has 0 saturated heterocycles. The Morgan fingerprint density at radius 1 is 0.305 bits per heavy atom. The number of anilines is 3. The van der Waals surface area contributed by atoms with E-state index in [1.165, 1.54) is 107 Å². The van der Waals surface area contributed by atoms with Crippen molar-refractivity contribution in [3.8, 4) is 33.4 Å². The molecule has 10 aromatic carbocycles. The quantitative estimate of drug-likeness (QED) is 0.152. The Morgan fingerprint density at radius 3 is 1.75 bits per heavy atom. The van der Waals surface area contributed by atoms with Crippen LogP contribution in [0, 0.1) is 0 Å². The van der Waals surface area contributed by atoms with E-state index in [0.29, 0.717) is 0 Å². The standard InChI is InChI=1S/C56H35NS2/c1-3-12-36(13-4-1)42-28-31-48-53(35-42)59-56-45(38-14-5-2-6-15-38)32-33-50(54(48)56)57(51-20-11-19-47-46-18-9-10-21-52(46)58-55(47)51)43-29-26-37(27-30-43)41-25-24-40-23-22-39-16-7-8-17-44(39)49(40)34-41/h1-35H. The Kier molecular flexibility index (Phi) is 7.97. The van der Waals surface area contributed by atoms with Crippen LogP contribution in [-0.2, 0) is 0 Å². The molecule has 0 spiro atoms. The molecule has 2 aromatic heterocycles. The first-order valence-corrected chi connectivity index (χ1v) is 21.7. The number of hydrogen-bond acceptors (Lipinski definition) is 3. The fourth-order valence-corrected chi connectivity index (χ4v) is 11.5. The monoisotopic (exact) mass is 785 g/mol. The molecule has 0 saturated carbocycles. The van der Waals surface area contributed by atoms with Gasteiger partial charge in [-0.05, 0) is 97.4 Å². The molecule has 0 aliphatic rings. The molecule has 1 nitrogen and oxygen atoms in total. The summed E-state index contributed by atoms with van der Waals surface area (Å²) in [4.78, 5) is 2.52. The minimum Gasteiger partial charge on any atom is -0.308 e. The van der Waals surface area contributed by atoms with Gasteiger partial charge in [-0.1, -0.05) is 170 Å². The summed E-state index contributed by atoms with van der Waals surface area (Å²) in [6, 6.07) is 78.2. The molecule has 0 amide bonds. The number of hydrogen-bond donors (Lipinski definition) is 0. The zero-order valence-corrected chi connectivity index (χ0v) is 33.6. The van der Waals surface area contributed by atoms with E-state index in [2.05, 4.69) is 217 Å². The first-order chi connectivity index (χ1) is 29.2. The van der Waals surface area contributed by atoms with Crippen molar-refractivity contribution in [1.82, 2.24) is 0 Å². The lowest BCUT2D eigenvalue weighted by Crippen LogP contribution is -2.10. The molecule has 0 aliphatic heterocycles. The Morgan fingerprint density at radius 2 is 0.915 bits per heavy atom. The normalized spacial score (nSPS) is 11.7. The lowest BCUT2D eigenvalue weighted by Gasteiger charge is -2.28. The number of fused-ring (bicyclic) bond motifs is 9. The second kappa shape index (κ2) is 13.8. The van der Waals surface area contributed by atoms with Crippen molar-refractivity contribution in [2.24, 2.45) is 0 Å². The van der Waals surface area contributed by atoms with Gasteiger partial charge in [0.1, 0.15) is 0 Å². The van der Waals surface area contributed by atoms with Crippen LogP contribution < -0.4 is 4.90 Å². The van der Waals surface area contributed by atoms with E-state index >= 15 is 0 Å². The third-order valence-corrected chi connectivity index (χ3v) is 14.3. The van der Waals surface area contributed by atoms with Gasteiger partial charge in [0.15, 0.2) is 0 Å². The fourth-order valence-electron chi connectivity index (χ4n) is 9.00. The van der Waals surface area contributed by atoms with Crippen molar-refractivity contribution in [3.63, 3.8) is 0 Å². The van der Waals surface area contributed by atoms with Gasteiger partial charge in [-0.15, -0.1) is 22.7 Å². The van der Waals surface area contributed by atoms with Gasteiger partial charge in [0.05, 0.1) is 16.1 Å². The summed E-state index contributed by atoms with van der Waals surface area (Å²) in [6.07, 6.45) is 0. The van der Waals surface area contributed by atoms with Crippen LogP contribution in [0.3, 0.4) is 0 Å². The van der Waals surface area contributed by atoms with Crippen molar-refractivity contribution in [1.29, 1.82) is 0 Å². The molecule has 12 aromatic rings. The summed E-state index contributed by atoms with van der Waals surface area (Å²) in [5, 5.41) is 10.2. The van der Waals surface area contributed by atoms with Gasteiger partial charge in [0.25, 0.3) is 0 Å². The average Bonchev–Trinajstić information content (AvgIpc) is 3.89. The Balaban J connectivity index is 1.10. The van der Waals surface area contributed by atoms with Crippen molar-refractivity contribution in [2.75, 3.05) is 4.90 Å². The summed E-state index contributed by atoms with van der Waals surface area (Å²) >= 11 is 3.78. The molecule has 0 N–H and O–H groups in total. The molecule has 0 bridgehead atoms. The van der Waals surface area contributed by atoms with Crippen LogP contribution in [0.1, 0.15) is 0 Å². The van der Waals surface area contributed by atoms with Gasteiger partial charge in [-0.2, -0.15) is 0 Å². The number of nitrogens with zero attached hydrogens (tertiary/aromatic N) is 1. The van der Waals surface area contributed by atoms with Crippen molar-refractivity contribution < 1.29 is 0 Å². The third-order valence-electron chi connectivity index (χ3n) is 11.9. The molecular formula is C56H35NS2. The molecule has 12 rings (SSSR count). The first kappa shape index (κ1) is 34.0. The summed E-state index contributed by atoms with van der Waals surface area (Å²) in [6.45, 7) is 0. The van der Waals surface area contributed by atoms with Crippen LogP contribution in [0.5, 0.6) is 0 Å². The number of benzene rings is 10. The molecule has 0 radical (unpaired) electrons. The highest BCUT2D eigenvalue weighted by molar-refractivity contribution is 7.27. The van der Waals surface area contributed by atoms with E-state index in [-0.39, 0.29) is 0 Å². The average molecular weight is 786 g/mol. The zero-order chi connectivity index (χ0) is 38.9. The summed E-state index contributed by atoms with van der Waals surface area (Å²) in [5.41, 5.74) is 10.8. The molecule has 2 heterocycles. The highest BCUT2D eigenvalue weighted by Crippen LogP contribution is 2.51. The van der Waals surface area contributed by atoms with Gasteiger partial charge < -0.3 is 4.90 Å². The number of rotatable bonds is 6. The Hall–Kier alpha value is -7.04. The van der Waals surface area contributed by atoms with Crippen LogP contribution in [0.15, 0.2) is 212 Å². The van der Waals surface area contributed by atoms with E-state index in [9.17, 15) is 0 Å². The van der Waals surface area contributed by atoms with Crippen LogP contribution in [-0.4, -0.2) is 0 Å². The maximum absolute atomic E-state index is 2.52. The van der Waals surface area contributed by atoms with E-state index in [1.54, 1.807) is 0 Å². The summed E-state index contributed by atoms with van der Waals surface area (Å²) in [7, 11) is 0. The molecular weight excluding hydrogens is 751 g/mol. The molecule has 0 aliphatic carbocycles. The predicted octanol–water partition coefficient (Wildman–Crippen LogP) is 17.2. The van der Waals surface area contributed by atoms with Crippen LogP contribution in [0.4, 0.5) is 17.1 Å². The molecule has 0 unspecified atom stereocenters. The summed E-state index contributed by atoms with van der Waals surface area (Å²) in [5.74, 6) is 0. The van der Waals surface area contributed by atoms with Crippen molar-refractivity contribution in [2.45, 2.75) is 0 Å². The van der Waals surface area contributed by atoms with E-state index in [1.807, 2.05) is 22.7 Å². The summed E-state index contributed by atoms with van der Waals surface area (Å²) < 4.78 is 5.16. The van der Waals surface area contributed by atoms with Gasteiger partial charge in [0, 0.05) is 41.3 Å². The van der Waals surface area contributed by atoms with Crippen molar-refractivity contribution >= 4 is 102 Å². The second-order valence-corrected chi connectivity index (χ2v) is 17.3. The number of thiophene rings is 2. The van der Waals surface area contributed by atoms with E-state index < -0.39 is 0 Å². The Labute approximate surface area is 350 Å². The smallest absolute Gasteiger partial charge is 0.0640 e. The molecule has 276 valence electrons. The first-order valence-electron chi connectivity index (χ1n) is 20.1. The van der Waals surface area contributed by atoms with Gasteiger partial charge >= 0.3 is 0 Å². The lowest BCUT2D eigenvalue weighted by molar-refractivity contribution is 1.32. The maximum Gasteiger partial charge on any atom is 0.0640 e. The minimum atomic E-state index is 1.12. The molecule has 0 atom stereocenters. The highest BCUT2D eigenvalue weighted by Gasteiger charge is 2.24. The third kappa shape index (κ3) is 5.66. The Bertz CT molecular complexity index is 3540. The molecule has 3 heteroatoms. The van der Waals surface area contributed by atoms with Crippen LogP contribution >= 0.6 is 22.7 Å². The molecule has 59 heavy (non-hydrogen) atoms. The largest absolute Gasteiger partial charge is 0.308 e. The van der Waals surface area contributed by atoms with Crippen LogP contribution in [0.2, 0.25) is 0 Å². The van der Waals surface area contributed by atoms with Crippen molar-refractivity contribution in [3.05, 3.63) is 212 Å². The van der Waals surface area contributed by atoms with Gasteiger partial charge in [-0.25, -0.2) is 0 Å². The maximum atomic E-state index is 2.52. The minimum absolute atomic E-state index is 1.12. The van der Waals surface area contributed by atoms with Crippen LogP contribution in [0.25, 0.3) is 95.3 Å². The lowest BCUT2D eigenvalue weighted by atomic mass is 9.96. The fraction of sp³-hybridized carbons (Fsp3) is 0. The van der Waals surface area contributed by atoms with E-state index in [0.717, 1.165) is 5.69 Å². The van der Waals surface area contributed by atoms with Gasteiger partial charge in [-0.3, -0.25) is 0 Å². The highest BCUT2D eigenvalue weighted by atomic mass is 32.1. The second-order valence-electron chi connectivity index (χ2n) is 15.2. The topological polar surface area (TPSA) is 3.24 Å². The molecule has 0 fully saturated rings.